The number of rotatable bonds is 4. The van der Waals surface area contributed by atoms with Crippen LogP contribution in [0.25, 0.3) is 5.69 Å². The molecule has 1 aliphatic heterocycles. The fraction of sp³-hybridized carbons (Fsp3) is 0.273. The molecular formula is C22H23F2N3. The minimum absolute atomic E-state index is 0.235. The summed E-state index contributed by atoms with van der Waals surface area (Å²) in [6.07, 6.45) is 2.68. The lowest BCUT2D eigenvalue weighted by atomic mass is 10.1. The van der Waals surface area contributed by atoms with Crippen LogP contribution in [-0.4, -0.2) is 42.7 Å². The van der Waals surface area contributed by atoms with Crippen LogP contribution in [0, 0.1) is 11.6 Å². The lowest BCUT2D eigenvalue weighted by Gasteiger charge is -2.34. The lowest BCUT2D eigenvalue weighted by Crippen LogP contribution is -2.45. The van der Waals surface area contributed by atoms with Crippen molar-refractivity contribution in [3.05, 3.63) is 83.6 Å². The van der Waals surface area contributed by atoms with Crippen molar-refractivity contribution in [1.29, 1.82) is 0 Å². The fourth-order valence-corrected chi connectivity index (χ4v) is 3.56. The normalized spacial score (nSPS) is 15.3. The number of benzene rings is 2. The second kappa shape index (κ2) is 7.53. The van der Waals surface area contributed by atoms with Gasteiger partial charge in [-0.25, -0.2) is 8.78 Å². The zero-order chi connectivity index (χ0) is 18.8. The largest absolute Gasteiger partial charge is 0.355 e. The Balaban J connectivity index is 1.70. The van der Waals surface area contributed by atoms with Crippen molar-refractivity contribution in [3.8, 4) is 5.69 Å². The van der Waals surface area contributed by atoms with Gasteiger partial charge in [0.05, 0.1) is 5.69 Å². The van der Waals surface area contributed by atoms with E-state index in [-0.39, 0.29) is 11.6 Å². The van der Waals surface area contributed by atoms with E-state index in [0.29, 0.717) is 12.1 Å². The van der Waals surface area contributed by atoms with Gasteiger partial charge in [-0.1, -0.05) is 24.3 Å². The summed E-state index contributed by atoms with van der Waals surface area (Å²) in [6, 6.07) is 15.5. The summed E-state index contributed by atoms with van der Waals surface area (Å²) >= 11 is 0. The number of halogens is 2. The Morgan fingerprint density at radius 1 is 0.852 bits per heavy atom. The summed E-state index contributed by atoms with van der Waals surface area (Å²) in [5.74, 6) is 0.530. The first-order chi connectivity index (χ1) is 13.1. The van der Waals surface area contributed by atoms with E-state index in [2.05, 4.69) is 22.9 Å². The van der Waals surface area contributed by atoms with Crippen LogP contribution in [0.1, 0.15) is 11.1 Å². The molecule has 0 amide bonds. The van der Waals surface area contributed by atoms with E-state index in [1.807, 2.05) is 16.8 Å². The Hall–Kier alpha value is -2.66. The van der Waals surface area contributed by atoms with Gasteiger partial charge in [0.2, 0.25) is 0 Å². The molecule has 1 fully saturated rings. The quantitative estimate of drug-likeness (QED) is 0.688. The Labute approximate surface area is 158 Å². The highest BCUT2D eigenvalue weighted by Crippen LogP contribution is 2.27. The van der Waals surface area contributed by atoms with Gasteiger partial charge in [-0.05, 0) is 54.9 Å². The average molecular weight is 367 g/mol. The van der Waals surface area contributed by atoms with Crippen LogP contribution < -0.4 is 4.90 Å². The number of anilines is 1. The number of hydrogen-bond acceptors (Lipinski definition) is 2. The van der Waals surface area contributed by atoms with E-state index < -0.39 is 0 Å². The molecule has 0 unspecified atom stereocenters. The first-order valence-corrected chi connectivity index (χ1v) is 9.24. The van der Waals surface area contributed by atoms with E-state index >= 15 is 0 Å². The monoisotopic (exact) mass is 367 g/mol. The highest BCUT2D eigenvalue weighted by molar-refractivity contribution is 5.53. The molecule has 5 heteroatoms. The van der Waals surface area contributed by atoms with Crippen molar-refractivity contribution in [3.63, 3.8) is 0 Å². The van der Waals surface area contributed by atoms with Crippen LogP contribution >= 0.6 is 0 Å². The number of hydrogen-bond donors (Lipinski definition) is 0. The van der Waals surface area contributed by atoms with Crippen molar-refractivity contribution in [2.24, 2.45) is 0 Å². The summed E-state index contributed by atoms with van der Waals surface area (Å²) in [4.78, 5) is 4.60. The van der Waals surface area contributed by atoms with Gasteiger partial charge in [0.25, 0.3) is 0 Å². The van der Waals surface area contributed by atoms with Crippen molar-refractivity contribution < 1.29 is 8.78 Å². The molecule has 1 saturated heterocycles. The van der Waals surface area contributed by atoms with Gasteiger partial charge in [0.15, 0.2) is 0 Å². The Morgan fingerprint density at radius 2 is 1.56 bits per heavy atom. The average Bonchev–Trinajstić information content (AvgIpc) is 3.08. The fourth-order valence-electron chi connectivity index (χ4n) is 3.56. The molecule has 27 heavy (non-hydrogen) atoms. The van der Waals surface area contributed by atoms with E-state index in [1.54, 1.807) is 24.3 Å². The molecule has 4 rings (SSSR count). The molecule has 0 bridgehead atoms. The number of nitrogens with zero attached hydrogens (tertiary/aromatic N) is 3. The predicted octanol–water partition coefficient (Wildman–Crippen LogP) is 4.10. The van der Waals surface area contributed by atoms with Crippen LogP contribution in [0.15, 0.2) is 60.8 Å². The molecule has 140 valence electrons. The molecule has 1 aliphatic rings. The van der Waals surface area contributed by atoms with Gasteiger partial charge in [-0.3, -0.25) is 0 Å². The van der Waals surface area contributed by atoms with Crippen LogP contribution in [0.3, 0.4) is 0 Å². The van der Waals surface area contributed by atoms with Gasteiger partial charge in [0.1, 0.15) is 17.5 Å². The maximum atomic E-state index is 14.5. The maximum absolute atomic E-state index is 14.5. The molecule has 0 radical (unpaired) electrons. The second-order valence-electron chi connectivity index (χ2n) is 7.12. The number of para-hydroxylation sites is 1. The molecule has 0 N–H and O–H groups in total. The first-order valence-electron chi connectivity index (χ1n) is 9.24. The molecule has 2 heterocycles. The predicted molar refractivity (Wildman–Crippen MR) is 105 cm³/mol. The first kappa shape index (κ1) is 17.7. The molecule has 2 aromatic carbocycles. The summed E-state index contributed by atoms with van der Waals surface area (Å²) in [5.41, 5.74) is 2.67. The summed E-state index contributed by atoms with van der Waals surface area (Å²) in [5, 5.41) is 0. The summed E-state index contributed by atoms with van der Waals surface area (Å²) in [6.45, 7) is 3.78. The van der Waals surface area contributed by atoms with Crippen molar-refractivity contribution in [1.82, 2.24) is 9.47 Å². The minimum Gasteiger partial charge on any atom is -0.355 e. The third-order valence-corrected chi connectivity index (χ3v) is 5.12. The maximum Gasteiger partial charge on any atom is 0.147 e. The van der Waals surface area contributed by atoms with E-state index in [1.165, 1.54) is 18.2 Å². The Kier molecular flexibility index (Phi) is 4.94. The topological polar surface area (TPSA) is 11.4 Å². The molecule has 3 nitrogen and oxygen atoms in total. The van der Waals surface area contributed by atoms with Crippen LogP contribution in [0.5, 0.6) is 0 Å². The van der Waals surface area contributed by atoms with E-state index in [0.717, 1.165) is 43.1 Å². The highest BCUT2D eigenvalue weighted by Gasteiger charge is 2.20. The van der Waals surface area contributed by atoms with Crippen LogP contribution in [0.2, 0.25) is 0 Å². The molecular weight excluding hydrogens is 344 g/mol. The molecule has 1 aromatic heterocycles. The smallest absolute Gasteiger partial charge is 0.147 e. The zero-order valence-corrected chi connectivity index (χ0v) is 15.4. The SMILES string of the molecule is CN1CCN(c2cc(Cc3ccc(F)cc3)cn2-c2ccccc2F)CC1. The Morgan fingerprint density at radius 3 is 2.26 bits per heavy atom. The number of likely N-dealkylation sites (N-methyl/N-ethyl adjacent to an activating group) is 1. The van der Waals surface area contributed by atoms with Crippen LogP contribution in [0.4, 0.5) is 14.6 Å². The number of aromatic nitrogens is 1. The number of piperazine rings is 1. The van der Waals surface area contributed by atoms with Crippen LogP contribution in [-0.2, 0) is 6.42 Å². The highest BCUT2D eigenvalue weighted by atomic mass is 19.1. The standard InChI is InChI=1S/C22H23F2N3/c1-25-10-12-26(13-11-25)22-15-18(14-17-6-8-19(23)9-7-17)16-27(22)21-5-3-2-4-20(21)24/h2-9,15-16H,10-14H2,1H3. The molecule has 0 saturated carbocycles. The lowest BCUT2D eigenvalue weighted by molar-refractivity contribution is 0.311. The molecule has 0 atom stereocenters. The minimum atomic E-state index is -0.239. The van der Waals surface area contributed by atoms with Gasteiger partial charge < -0.3 is 14.4 Å². The van der Waals surface area contributed by atoms with E-state index in [4.69, 9.17) is 0 Å². The summed E-state index contributed by atoms with van der Waals surface area (Å²) in [7, 11) is 2.12. The third kappa shape index (κ3) is 3.88. The van der Waals surface area contributed by atoms with Crippen molar-refractivity contribution >= 4 is 5.82 Å². The molecule has 0 aliphatic carbocycles. The molecule has 3 aromatic rings. The van der Waals surface area contributed by atoms with Crippen molar-refractivity contribution in [2.45, 2.75) is 6.42 Å². The third-order valence-electron chi connectivity index (χ3n) is 5.12. The van der Waals surface area contributed by atoms with E-state index in [9.17, 15) is 8.78 Å². The second-order valence-corrected chi connectivity index (χ2v) is 7.12. The molecule has 0 spiro atoms. The van der Waals surface area contributed by atoms with Gasteiger partial charge >= 0.3 is 0 Å². The Bertz CT molecular complexity index is 910. The van der Waals surface area contributed by atoms with Crippen molar-refractivity contribution in [2.75, 3.05) is 38.1 Å². The summed E-state index contributed by atoms with van der Waals surface area (Å²) < 4.78 is 29.6. The van der Waals surface area contributed by atoms with Gasteiger partial charge in [-0.15, -0.1) is 0 Å². The van der Waals surface area contributed by atoms with Gasteiger partial charge in [-0.2, -0.15) is 0 Å². The van der Waals surface area contributed by atoms with Gasteiger partial charge in [0, 0.05) is 32.4 Å². The zero-order valence-electron chi connectivity index (χ0n) is 15.4.